The molecule has 7 heteroatoms. The zero-order valence-corrected chi connectivity index (χ0v) is 13.9. The molecule has 0 saturated carbocycles. The molecule has 0 bridgehead atoms. The van der Waals surface area contributed by atoms with Crippen LogP contribution in [0.4, 0.5) is 5.69 Å². The van der Waals surface area contributed by atoms with Gasteiger partial charge in [0.05, 0.1) is 10.0 Å². The maximum atomic E-state index is 12.3. The number of nitrogens with one attached hydrogen (secondary N) is 1. The van der Waals surface area contributed by atoms with Crippen LogP contribution in [0.2, 0.25) is 10.0 Å². The monoisotopic (exact) mass is 348 g/mol. The van der Waals surface area contributed by atoms with Crippen LogP contribution in [-0.4, -0.2) is 15.0 Å². The first-order chi connectivity index (χ1) is 9.90. The van der Waals surface area contributed by atoms with Crippen molar-refractivity contribution in [3.8, 4) is 0 Å². The van der Waals surface area contributed by atoms with Crippen LogP contribution < -0.4 is 10.5 Å². The van der Waals surface area contributed by atoms with Crippen molar-refractivity contribution in [1.29, 1.82) is 0 Å². The minimum absolute atomic E-state index is 0.0318. The SMILES string of the molecule is Nc1cc(Cl)c(S(=O)(=O)NCCC2=CCCCC2)c(Cl)c1. The maximum Gasteiger partial charge on any atom is 0.243 e. The van der Waals surface area contributed by atoms with E-state index in [4.69, 9.17) is 28.9 Å². The summed E-state index contributed by atoms with van der Waals surface area (Å²) in [7, 11) is -3.74. The summed E-state index contributed by atoms with van der Waals surface area (Å²) in [5, 5.41) is 0.0637. The van der Waals surface area contributed by atoms with E-state index in [0.717, 1.165) is 12.8 Å². The fraction of sp³-hybridized carbons (Fsp3) is 0.429. The highest BCUT2D eigenvalue weighted by atomic mass is 35.5. The number of rotatable bonds is 5. The van der Waals surface area contributed by atoms with Gasteiger partial charge < -0.3 is 5.73 Å². The van der Waals surface area contributed by atoms with Gasteiger partial charge in [0.2, 0.25) is 10.0 Å². The average Bonchev–Trinajstić information content (AvgIpc) is 2.38. The van der Waals surface area contributed by atoms with Crippen LogP contribution in [0.25, 0.3) is 0 Å². The lowest BCUT2D eigenvalue weighted by Gasteiger charge is -2.14. The second kappa shape index (κ2) is 7.01. The number of sulfonamides is 1. The fourth-order valence-corrected chi connectivity index (χ4v) is 4.65. The molecule has 0 aromatic heterocycles. The van der Waals surface area contributed by atoms with E-state index in [2.05, 4.69) is 10.8 Å². The van der Waals surface area contributed by atoms with E-state index in [1.807, 2.05) is 0 Å². The molecule has 1 aliphatic carbocycles. The van der Waals surface area contributed by atoms with Crippen LogP contribution in [-0.2, 0) is 10.0 Å². The first-order valence-electron chi connectivity index (χ1n) is 6.82. The van der Waals surface area contributed by atoms with Crippen LogP contribution in [0.1, 0.15) is 32.1 Å². The molecule has 2 rings (SSSR count). The van der Waals surface area contributed by atoms with Gasteiger partial charge in [0.15, 0.2) is 0 Å². The lowest BCUT2D eigenvalue weighted by molar-refractivity contribution is 0.579. The Kier molecular flexibility index (Phi) is 5.54. The van der Waals surface area contributed by atoms with Gasteiger partial charge in [0.25, 0.3) is 0 Å². The first-order valence-corrected chi connectivity index (χ1v) is 9.06. The Bertz CT molecular complexity index is 634. The summed E-state index contributed by atoms with van der Waals surface area (Å²) in [4.78, 5) is -0.113. The molecule has 0 aliphatic heterocycles. The van der Waals surface area contributed by atoms with Crippen molar-refractivity contribution in [3.63, 3.8) is 0 Å². The minimum Gasteiger partial charge on any atom is -0.399 e. The van der Waals surface area contributed by atoms with Crippen molar-refractivity contribution in [3.05, 3.63) is 33.8 Å². The molecule has 21 heavy (non-hydrogen) atoms. The number of hydrogen-bond acceptors (Lipinski definition) is 3. The van der Waals surface area contributed by atoms with Gasteiger partial charge in [-0.25, -0.2) is 13.1 Å². The molecule has 1 aliphatic rings. The van der Waals surface area contributed by atoms with Gasteiger partial charge in [-0.15, -0.1) is 0 Å². The molecule has 116 valence electrons. The third kappa shape index (κ3) is 4.36. The molecule has 0 heterocycles. The Morgan fingerprint density at radius 1 is 1.19 bits per heavy atom. The molecular weight excluding hydrogens is 331 g/mol. The number of allylic oxidation sites excluding steroid dienone is 1. The number of hydrogen-bond donors (Lipinski definition) is 2. The normalized spacial score (nSPS) is 15.8. The molecule has 3 N–H and O–H groups in total. The number of halogens is 2. The van der Waals surface area contributed by atoms with Gasteiger partial charge in [-0.05, 0) is 44.2 Å². The first kappa shape index (κ1) is 16.6. The van der Waals surface area contributed by atoms with E-state index in [9.17, 15) is 8.42 Å². The molecule has 0 spiro atoms. The van der Waals surface area contributed by atoms with Gasteiger partial charge in [0.1, 0.15) is 4.90 Å². The predicted octanol–water partition coefficient (Wildman–Crippen LogP) is 3.74. The van der Waals surface area contributed by atoms with Crippen molar-refractivity contribution >= 4 is 38.9 Å². The Labute approximate surface area is 135 Å². The minimum atomic E-state index is -3.74. The zero-order chi connectivity index (χ0) is 15.5. The summed E-state index contributed by atoms with van der Waals surface area (Å²) in [6, 6.07) is 2.76. The molecular formula is C14H18Cl2N2O2S. The highest BCUT2D eigenvalue weighted by Crippen LogP contribution is 2.31. The third-order valence-corrected chi connectivity index (χ3v) is 5.79. The summed E-state index contributed by atoms with van der Waals surface area (Å²) >= 11 is 11.9. The van der Waals surface area contributed by atoms with E-state index in [-0.39, 0.29) is 14.9 Å². The van der Waals surface area contributed by atoms with Gasteiger partial charge in [-0.2, -0.15) is 0 Å². The highest BCUT2D eigenvalue weighted by Gasteiger charge is 2.22. The van der Waals surface area contributed by atoms with Crippen LogP contribution >= 0.6 is 23.2 Å². The molecule has 1 aromatic rings. The van der Waals surface area contributed by atoms with Gasteiger partial charge in [-0.1, -0.05) is 34.9 Å². The van der Waals surface area contributed by atoms with E-state index in [1.165, 1.54) is 30.5 Å². The third-order valence-electron chi connectivity index (χ3n) is 3.41. The zero-order valence-electron chi connectivity index (χ0n) is 11.5. The van der Waals surface area contributed by atoms with Crippen molar-refractivity contribution in [2.24, 2.45) is 0 Å². The van der Waals surface area contributed by atoms with Crippen molar-refractivity contribution in [1.82, 2.24) is 4.72 Å². The molecule has 0 atom stereocenters. The van der Waals surface area contributed by atoms with E-state index < -0.39 is 10.0 Å². The van der Waals surface area contributed by atoms with Crippen LogP contribution in [0, 0.1) is 0 Å². The van der Waals surface area contributed by atoms with E-state index in [1.54, 1.807) is 0 Å². The number of benzene rings is 1. The summed E-state index contributed by atoms with van der Waals surface area (Å²) in [5.41, 5.74) is 7.21. The summed E-state index contributed by atoms with van der Waals surface area (Å²) in [6.07, 6.45) is 7.42. The van der Waals surface area contributed by atoms with Gasteiger partial charge in [-0.3, -0.25) is 0 Å². The van der Waals surface area contributed by atoms with E-state index >= 15 is 0 Å². The molecule has 0 saturated heterocycles. The lowest BCUT2D eigenvalue weighted by Crippen LogP contribution is -2.26. The average molecular weight is 349 g/mol. The number of anilines is 1. The van der Waals surface area contributed by atoms with Crippen molar-refractivity contribution in [2.45, 2.75) is 37.0 Å². The quantitative estimate of drug-likeness (QED) is 0.628. The Balaban J connectivity index is 2.07. The Morgan fingerprint density at radius 2 is 1.86 bits per heavy atom. The van der Waals surface area contributed by atoms with Gasteiger partial charge in [0, 0.05) is 12.2 Å². The smallest absolute Gasteiger partial charge is 0.243 e. The summed E-state index contributed by atoms with van der Waals surface area (Å²) in [6.45, 7) is 0.338. The topological polar surface area (TPSA) is 72.2 Å². The van der Waals surface area contributed by atoms with E-state index in [0.29, 0.717) is 18.7 Å². The Hall–Kier alpha value is -0.750. The molecule has 0 radical (unpaired) electrons. The molecule has 0 amide bonds. The second-order valence-corrected chi connectivity index (χ2v) is 7.59. The summed E-state index contributed by atoms with van der Waals surface area (Å²) < 4.78 is 27.1. The standard InChI is InChI=1S/C14H18Cl2N2O2S/c15-12-8-11(17)9-13(16)14(12)21(19,20)18-7-6-10-4-2-1-3-5-10/h4,8-9,18H,1-3,5-7,17H2. The van der Waals surface area contributed by atoms with Gasteiger partial charge >= 0.3 is 0 Å². The van der Waals surface area contributed by atoms with Crippen molar-refractivity contribution in [2.75, 3.05) is 12.3 Å². The van der Waals surface area contributed by atoms with Crippen LogP contribution in [0.3, 0.4) is 0 Å². The van der Waals surface area contributed by atoms with Crippen LogP contribution in [0.5, 0.6) is 0 Å². The van der Waals surface area contributed by atoms with Crippen LogP contribution in [0.15, 0.2) is 28.7 Å². The maximum absolute atomic E-state index is 12.3. The lowest BCUT2D eigenvalue weighted by atomic mass is 9.97. The Morgan fingerprint density at radius 3 is 2.43 bits per heavy atom. The predicted molar refractivity (Wildman–Crippen MR) is 87.2 cm³/mol. The number of nitrogen functional groups attached to an aromatic ring is 1. The number of nitrogens with two attached hydrogens (primary N) is 1. The molecule has 4 nitrogen and oxygen atoms in total. The molecule has 0 fully saturated rings. The summed E-state index contributed by atoms with van der Waals surface area (Å²) in [5.74, 6) is 0. The fourth-order valence-electron chi connectivity index (χ4n) is 2.39. The second-order valence-electron chi connectivity index (χ2n) is 5.07. The molecule has 1 aromatic carbocycles. The molecule has 0 unspecified atom stereocenters. The largest absolute Gasteiger partial charge is 0.399 e. The highest BCUT2D eigenvalue weighted by molar-refractivity contribution is 7.89. The van der Waals surface area contributed by atoms with Crippen molar-refractivity contribution < 1.29 is 8.42 Å².